The number of rotatable bonds is 94. The van der Waals surface area contributed by atoms with Gasteiger partial charge < -0.3 is 77.6 Å². The molecule has 0 rings (SSSR count). The molecule has 4 amide bonds. The number of unbranched alkanes of at least 4 members (excludes halogenated alkanes) is 36. The maximum Gasteiger partial charge on any atom is 1.00 e. The summed E-state index contributed by atoms with van der Waals surface area (Å²) in [5, 5.41) is 10.6. The van der Waals surface area contributed by atoms with E-state index in [2.05, 4.69) is 125 Å². The normalized spacial score (nSPS) is 14.0. The fraction of sp³-hybridized carbons (Fsp3) is 0.848. The molecule has 0 aliphatic heterocycles. The number of carbonyl (C=O) groups excluding carboxylic acids is 7. The first-order chi connectivity index (χ1) is 61.2. The average Bonchev–Trinajstić information content (AvgIpc) is 0.896. The molecule has 0 aromatic carbocycles. The molecule has 0 heterocycles. The average molecular weight is 1870 g/mol. The first kappa shape index (κ1) is 129. The van der Waals surface area contributed by atoms with E-state index in [4.69, 9.17) is 46.5 Å². The Hall–Kier alpha value is -2.81. The summed E-state index contributed by atoms with van der Waals surface area (Å²) in [4.78, 5) is 121. The third-order valence-electron chi connectivity index (χ3n) is 21.8. The summed E-state index contributed by atoms with van der Waals surface area (Å²) in [5.41, 5.74) is 0. The van der Waals surface area contributed by atoms with Gasteiger partial charge in [0.15, 0.2) is 0 Å². The topological polar surface area (TPSA) is 340 Å². The molecule has 4 unspecified atom stereocenters. The van der Waals surface area contributed by atoms with Gasteiger partial charge in [-0.25, -0.2) is 4.79 Å². The Bertz CT molecular complexity index is 2670. The number of nitrogens with one attached hydrogen (secondary N) is 4. The molecule has 25 nitrogen and oxygen atoms in total. The van der Waals surface area contributed by atoms with Gasteiger partial charge in [-0.2, -0.15) is 0 Å². The standard InChI is InChI=1S/C99H184N4O21P2.2Na/c1-9-17-25-33-37-41-45-53-61-69-95(106)121-89(65-57-49-29-21-13-5)73-77-115-83-87(102-93(104)81-91(67-59-51-31-23-15-7)123-97(108)71-63-55-47-43-39-35-27-19-11-3)85-119-125(111,112)117-79-75-100-99(110)101-76-80-118-126(113,114)120-86-88(84-116-78-74-90(66-58-50-30-22-14-6)122-96(107)70-62-54-46-42-38-34-26-18-10-2)103-94(105)82-92(68-60-52-32-24-16-8)124-98(109)72-64-56-48-44-40-36-28-20-12-4;;/h41-48,87-92H,9-40,49-86H2,1-8H3,(H,102,104)(H,103,105)(H,111,112)(H,113,114)(H2,100,101,110);;/q;2*+1/p-2/b45-41-,46-42-,47-43-,48-44-;;/t87?,88?,89-,90-,91-,92-;;/m1../s1. The van der Waals surface area contributed by atoms with Gasteiger partial charge in [0, 0.05) is 51.6 Å². The number of hydrogen-bond donors (Lipinski definition) is 4. The van der Waals surface area contributed by atoms with Crippen molar-refractivity contribution < 1.29 is 158 Å². The molecule has 8 atom stereocenters. The van der Waals surface area contributed by atoms with Crippen LogP contribution in [0.5, 0.6) is 0 Å². The van der Waals surface area contributed by atoms with Crippen molar-refractivity contribution in [1.82, 2.24) is 21.3 Å². The van der Waals surface area contributed by atoms with E-state index in [1.54, 1.807) is 0 Å². The summed E-state index contributed by atoms with van der Waals surface area (Å²) < 4.78 is 83.9. The van der Waals surface area contributed by atoms with E-state index in [9.17, 15) is 52.5 Å². The minimum absolute atomic E-state index is 0. The third-order valence-corrected chi connectivity index (χ3v) is 23.7. The number of phosphoric ester groups is 2. The minimum atomic E-state index is -5.12. The summed E-state index contributed by atoms with van der Waals surface area (Å²) in [6.45, 7) is 14.1. The first-order valence-corrected chi connectivity index (χ1v) is 53.4. The second kappa shape index (κ2) is 95.9. The van der Waals surface area contributed by atoms with Gasteiger partial charge in [0.1, 0.15) is 24.4 Å². The van der Waals surface area contributed by atoms with Gasteiger partial charge in [-0.3, -0.25) is 37.9 Å². The van der Waals surface area contributed by atoms with Crippen molar-refractivity contribution in [3.8, 4) is 0 Å². The zero-order valence-corrected chi connectivity index (χ0v) is 88.3. The van der Waals surface area contributed by atoms with Crippen LogP contribution in [0, 0.1) is 0 Å². The van der Waals surface area contributed by atoms with Crippen LogP contribution in [-0.2, 0) is 84.4 Å². The molecule has 29 heteroatoms. The monoisotopic (exact) mass is 1870 g/mol. The van der Waals surface area contributed by atoms with Gasteiger partial charge in [-0.15, -0.1) is 0 Å². The second-order valence-corrected chi connectivity index (χ2v) is 36.9. The number of carbonyl (C=O) groups is 7. The van der Waals surface area contributed by atoms with Crippen LogP contribution in [0.25, 0.3) is 0 Å². The van der Waals surface area contributed by atoms with Crippen LogP contribution in [0.1, 0.15) is 441 Å². The van der Waals surface area contributed by atoms with Crippen LogP contribution in [0.3, 0.4) is 0 Å². The van der Waals surface area contributed by atoms with E-state index < -0.39 is 108 Å². The molecule has 0 bridgehead atoms. The number of ether oxygens (including phenoxy) is 6. The molecule has 0 saturated heterocycles. The van der Waals surface area contributed by atoms with E-state index in [0.717, 1.165) is 205 Å². The van der Waals surface area contributed by atoms with Crippen molar-refractivity contribution in [3.63, 3.8) is 0 Å². The molecule has 0 aromatic heterocycles. The maximum absolute atomic E-state index is 14.0. The molecule has 0 aliphatic carbocycles. The zero-order chi connectivity index (χ0) is 92.6. The third kappa shape index (κ3) is 89.7. The van der Waals surface area contributed by atoms with Crippen molar-refractivity contribution in [3.05, 3.63) is 48.6 Å². The molecule has 0 fully saturated rings. The predicted octanol–water partition coefficient (Wildman–Crippen LogP) is 17.7. The molecule has 736 valence electrons. The van der Waals surface area contributed by atoms with E-state index in [1.165, 1.54) is 77.0 Å². The molecular formula is C99H182N4Na2O21P2. The predicted molar refractivity (Wildman–Crippen MR) is 504 cm³/mol. The fourth-order valence-corrected chi connectivity index (χ4v) is 15.7. The zero-order valence-electron chi connectivity index (χ0n) is 82.5. The number of urea groups is 1. The Balaban J connectivity index is -0.0000781. The largest absolute Gasteiger partial charge is 1.00 e. The fourth-order valence-electron chi connectivity index (χ4n) is 14.2. The van der Waals surface area contributed by atoms with Crippen molar-refractivity contribution in [2.45, 2.75) is 477 Å². The van der Waals surface area contributed by atoms with E-state index in [1.807, 2.05) is 0 Å². The van der Waals surface area contributed by atoms with Gasteiger partial charge in [0.05, 0.1) is 77.8 Å². The molecule has 0 radical (unpaired) electrons. The quantitative estimate of drug-likeness (QED) is 0.0110. The van der Waals surface area contributed by atoms with Crippen LogP contribution < -0.4 is 90.2 Å². The smallest absolute Gasteiger partial charge is 0.756 e. The van der Waals surface area contributed by atoms with Crippen molar-refractivity contribution in [2.24, 2.45) is 0 Å². The number of phosphoric acid groups is 2. The molecule has 0 saturated carbocycles. The summed E-state index contributed by atoms with van der Waals surface area (Å²) in [6.07, 6.45) is 66.6. The van der Waals surface area contributed by atoms with E-state index in [-0.39, 0.29) is 149 Å². The second-order valence-electron chi connectivity index (χ2n) is 34.1. The summed E-state index contributed by atoms with van der Waals surface area (Å²) in [5.74, 6) is -2.38. The Kier molecular flexibility index (Phi) is 96.9. The summed E-state index contributed by atoms with van der Waals surface area (Å²) >= 11 is 0. The van der Waals surface area contributed by atoms with Crippen molar-refractivity contribution in [2.75, 3.05) is 65.9 Å². The molecule has 128 heavy (non-hydrogen) atoms. The van der Waals surface area contributed by atoms with Crippen LogP contribution in [0.2, 0.25) is 0 Å². The van der Waals surface area contributed by atoms with Gasteiger partial charge in [0.25, 0.3) is 15.6 Å². The molecular weight excluding hydrogens is 1690 g/mol. The van der Waals surface area contributed by atoms with E-state index in [0.29, 0.717) is 64.2 Å². The number of allylic oxidation sites excluding steroid dienone is 8. The molecule has 0 spiro atoms. The molecule has 0 aliphatic rings. The van der Waals surface area contributed by atoms with E-state index >= 15 is 0 Å². The van der Waals surface area contributed by atoms with Gasteiger partial charge in [-0.05, 0) is 154 Å². The number of esters is 4. The summed E-state index contributed by atoms with van der Waals surface area (Å²) in [7, 11) is -10.2. The Morgan fingerprint density at radius 3 is 0.781 bits per heavy atom. The maximum atomic E-state index is 14.0. The first-order valence-electron chi connectivity index (χ1n) is 50.5. The van der Waals surface area contributed by atoms with Gasteiger partial charge >= 0.3 is 89.0 Å². The van der Waals surface area contributed by atoms with Gasteiger partial charge in [0.2, 0.25) is 11.8 Å². The minimum Gasteiger partial charge on any atom is -0.756 e. The van der Waals surface area contributed by atoms with Crippen LogP contribution >= 0.6 is 15.6 Å². The number of hydrogen-bond acceptors (Lipinski definition) is 21. The van der Waals surface area contributed by atoms with Gasteiger partial charge in [-0.1, -0.05) is 284 Å². The summed E-state index contributed by atoms with van der Waals surface area (Å²) in [6, 6.07) is -2.91. The Morgan fingerprint density at radius 1 is 0.281 bits per heavy atom. The number of amides is 4. The molecule has 0 aromatic rings. The van der Waals surface area contributed by atoms with Crippen LogP contribution in [-0.4, -0.2) is 144 Å². The molecule has 4 N–H and O–H groups in total. The van der Waals surface area contributed by atoms with Crippen molar-refractivity contribution in [1.29, 1.82) is 0 Å². The van der Waals surface area contributed by atoms with Crippen LogP contribution in [0.4, 0.5) is 4.79 Å². The van der Waals surface area contributed by atoms with Crippen LogP contribution in [0.15, 0.2) is 48.6 Å². The van der Waals surface area contributed by atoms with Crippen molar-refractivity contribution >= 4 is 57.4 Å². The SMILES string of the molecule is CCCCCC/C=C\CCCC(=O)O[C@H](CCCCCCC)CCOCC(COP(=O)([O-])OCCNC(=O)NCCOP(=O)([O-])OCC(COCC[C@@H](CCCCCCC)OC(=O)CCC/C=C\CCCCCC)NC(=O)C[C@@H](CCCCCCC)OC(=O)CCC/C=C\CCCCCC)NC(=O)C[C@@H](CCCCCCC)OC(=O)CCC/C=C\CCCCCC.[Na+].[Na+]. The Morgan fingerprint density at radius 2 is 0.516 bits per heavy atom. The Labute approximate surface area is 822 Å².